The molecule has 92 valence electrons. The first kappa shape index (κ1) is 14.9. The van der Waals surface area contributed by atoms with Gasteiger partial charge in [0.15, 0.2) is 0 Å². The summed E-state index contributed by atoms with van der Waals surface area (Å²) in [5.74, 6) is 1.34. The Morgan fingerprint density at radius 1 is 1.13 bits per heavy atom. The molecular formula is C13H29NO. The summed E-state index contributed by atoms with van der Waals surface area (Å²) in [6.45, 7) is 14.1. The average Bonchev–Trinajstić information content (AvgIpc) is 2.15. The second kappa shape index (κ2) is 9.17. The Kier molecular flexibility index (Phi) is 9.12. The molecule has 0 spiro atoms. The lowest BCUT2D eigenvalue weighted by molar-refractivity contribution is 0.0177. The van der Waals surface area contributed by atoms with E-state index in [4.69, 9.17) is 4.74 Å². The molecule has 0 saturated heterocycles. The summed E-state index contributed by atoms with van der Waals surface area (Å²) in [6, 6.07) is 0. The number of rotatable bonds is 9. The third kappa shape index (κ3) is 8.88. The molecule has 0 fully saturated rings. The standard InChI is InChI=1S/C13H29NO/c1-6-8-14-10-13(12(4)5)15-9-7-11(2)3/h11-14H,6-10H2,1-5H3. The van der Waals surface area contributed by atoms with Gasteiger partial charge in [0.25, 0.3) is 0 Å². The van der Waals surface area contributed by atoms with Crippen molar-refractivity contribution in [3.63, 3.8) is 0 Å². The van der Waals surface area contributed by atoms with Crippen molar-refractivity contribution in [2.75, 3.05) is 19.7 Å². The van der Waals surface area contributed by atoms with Crippen molar-refractivity contribution in [1.29, 1.82) is 0 Å². The van der Waals surface area contributed by atoms with Gasteiger partial charge in [0, 0.05) is 13.2 Å². The molecule has 1 atom stereocenters. The molecule has 0 bridgehead atoms. The van der Waals surface area contributed by atoms with Crippen LogP contribution in [0.5, 0.6) is 0 Å². The van der Waals surface area contributed by atoms with Gasteiger partial charge in [-0.05, 0) is 31.2 Å². The predicted octanol–water partition coefficient (Wildman–Crippen LogP) is 3.07. The molecular weight excluding hydrogens is 186 g/mol. The van der Waals surface area contributed by atoms with Crippen molar-refractivity contribution in [3.8, 4) is 0 Å². The minimum absolute atomic E-state index is 0.371. The molecule has 0 saturated carbocycles. The van der Waals surface area contributed by atoms with E-state index in [9.17, 15) is 0 Å². The van der Waals surface area contributed by atoms with Crippen LogP contribution in [0.25, 0.3) is 0 Å². The van der Waals surface area contributed by atoms with E-state index in [1.54, 1.807) is 0 Å². The molecule has 1 unspecified atom stereocenters. The van der Waals surface area contributed by atoms with E-state index in [0.29, 0.717) is 12.0 Å². The van der Waals surface area contributed by atoms with E-state index in [1.807, 2.05) is 0 Å². The van der Waals surface area contributed by atoms with Gasteiger partial charge in [-0.15, -0.1) is 0 Å². The summed E-state index contributed by atoms with van der Waals surface area (Å²) in [5.41, 5.74) is 0. The SMILES string of the molecule is CCCNCC(OCCC(C)C)C(C)C. The average molecular weight is 215 g/mol. The summed E-state index contributed by atoms with van der Waals surface area (Å²) in [5, 5.41) is 3.43. The van der Waals surface area contributed by atoms with Gasteiger partial charge in [0.05, 0.1) is 6.10 Å². The third-order valence-electron chi connectivity index (χ3n) is 2.54. The zero-order valence-corrected chi connectivity index (χ0v) is 11.2. The Balaban J connectivity index is 3.64. The molecule has 0 rings (SSSR count). The Morgan fingerprint density at radius 2 is 1.80 bits per heavy atom. The minimum atomic E-state index is 0.371. The van der Waals surface area contributed by atoms with Gasteiger partial charge in [0.2, 0.25) is 0 Å². The van der Waals surface area contributed by atoms with Crippen LogP contribution in [0.15, 0.2) is 0 Å². The van der Waals surface area contributed by atoms with Crippen LogP contribution in [0.2, 0.25) is 0 Å². The van der Waals surface area contributed by atoms with Crippen molar-refractivity contribution < 1.29 is 4.74 Å². The molecule has 2 nitrogen and oxygen atoms in total. The van der Waals surface area contributed by atoms with E-state index >= 15 is 0 Å². The minimum Gasteiger partial charge on any atom is -0.377 e. The zero-order valence-electron chi connectivity index (χ0n) is 11.2. The fraction of sp³-hybridized carbons (Fsp3) is 1.00. The first-order valence-electron chi connectivity index (χ1n) is 6.40. The molecule has 0 aliphatic rings. The lowest BCUT2D eigenvalue weighted by atomic mass is 10.1. The molecule has 0 heterocycles. The molecule has 0 aromatic heterocycles. The van der Waals surface area contributed by atoms with Crippen molar-refractivity contribution in [2.24, 2.45) is 11.8 Å². The van der Waals surface area contributed by atoms with Crippen molar-refractivity contribution in [3.05, 3.63) is 0 Å². The van der Waals surface area contributed by atoms with Crippen LogP contribution >= 0.6 is 0 Å². The fourth-order valence-corrected chi connectivity index (χ4v) is 1.36. The highest BCUT2D eigenvalue weighted by atomic mass is 16.5. The molecule has 0 aliphatic carbocycles. The number of hydrogen-bond acceptors (Lipinski definition) is 2. The summed E-state index contributed by atoms with van der Waals surface area (Å²) >= 11 is 0. The summed E-state index contributed by atoms with van der Waals surface area (Å²) in [7, 11) is 0. The Bertz CT molecular complexity index is 134. The highest BCUT2D eigenvalue weighted by Crippen LogP contribution is 2.08. The van der Waals surface area contributed by atoms with Crippen LogP contribution < -0.4 is 5.32 Å². The molecule has 0 aliphatic heterocycles. The number of hydrogen-bond donors (Lipinski definition) is 1. The van der Waals surface area contributed by atoms with Crippen LogP contribution in [0.1, 0.15) is 47.5 Å². The van der Waals surface area contributed by atoms with Gasteiger partial charge in [-0.1, -0.05) is 34.6 Å². The molecule has 2 heteroatoms. The molecule has 1 N–H and O–H groups in total. The fourth-order valence-electron chi connectivity index (χ4n) is 1.36. The van der Waals surface area contributed by atoms with Crippen LogP contribution in [-0.4, -0.2) is 25.8 Å². The largest absolute Gasteiger partial charge is 0.377 e. The first-order chi connectivity index (χ1) is 7.07. The zero-order chi connectivity index (χ0) is 11.7. The van der Waals surface area contributed by atoms with Crippen molar-refractivity contribution in [1.82, 2.24) is 5.32 Å². The van der Waals surface area contributed by atoms with Crippen LogP contribution in [-0.2, 0) is 4.74 Å². The predicted molar refractivity (Wildman–Crippen MR) is 67.2 cm³/mol. The molecule has 0 aromatic carbocycles. The molecule has 0 radical (unpaired) electrons. The van der Waals surface area contributed by atoms with Crippen LogP contribution in [0.3, 0.4) is 0 Å². The summed E-state index contributed by atoms with van der Waals surface area (Å²) in [6.07, 6.45) is 2.73. The lowest BCUT2D eigenvalue weighted by Gasteiger charge is -2.22. The number of ether oxygens (including phenoxy) is 1. The lowest BCUT2D eigenvalue weighted by Crippen LogP contribution is -2.34. The molecule has 0 aromatic rings. The second-order valence-corrected chi connectivity index (χ2v) is 5.04. The van der Waals surface area contributed by atoms with Crippen LogP contribution in [0, 0.1) is 11.8 Å². The van der Waals surface area contributed by atoms with Gasteiger partial charge >= 0.3 is 0 Å². The second-order valence-electron chi connectivity index (χ2n) is 5.04. The Hall–Kier alpha value is -0.0800. The van der Waals surface area contributed by atoms with Gasteiger partial charge in [-0.3, -0.25) is 0 Å². The van der Waals surface area contributed by atoms with E-state index in [0.717, 1.165) is 32.0 Å². The van der Waals surface area contributed by atoms with Crippen molar-refractivity contribution >= 4 is 0 Å². The van der Waals surface area contributed by atoms with Crippen molar-refractivity contribution in [2.45, 2.75) is 53.6 Å². The van der Waals surface area contributed by atoms with Crippen LogP contribution in [0.4, 0.5) is 0 Å². The smallest absolute Gasteiger partial charge is 0.0722 e. The Morgan fingerprint density at radius 3 is 2.27 bits per heavy atom. The van der Waals surface area contributed by atoms with E-state index < -0.39 is 0 Å². The van der Waals surface area contributed by atoms with E-state index in [2.05, 4.69) is 39.9 Å². The highest BCUT2D eigenvalue weighted by molar-refractivity contribution is 4.65. The number of nitrogens with one attached hydrogen (secondary N) is 1. The van der Waals surface area contributed by atoms with Gasteiger partial charge < -0.3 is 10.1 Å². The first-order valence-corrected chi connectivity index (χ1v) is 6.40. The van der Waals surface area contributed by atoms with Gasteiger partial charge in [-0.25, -0.2) is 0 Å². The molecule has 15 heavy (non-hydrogen) atoms. The van der Waals surface area contributed by atoms with Gasteiger partial charge in [0.1, 0.15) is 0 Å². The van der Waals surface area contributed by atoms with E-state index in [-0.39, 0.29) is 0 Å². The highest BCUT2D eigenvalue weighted by Gasteiger charge is 2.13. The topological polar surface area (TPSA) is 21.3 Å². The monoisotopic (exact) mass is 215 g/mol. The normalized spacial score (nSPS) is 13.8. The molecule has 0 amide bonds. The third-order valence-corrected chi connectivity index (χ3v) is 2.54. The summed E-state index contributed by atoms with van der Waals surface area (Å²) < 4.78 is 5.90. The maximum absolute atomic E-state index is 5.90. The van der Waals surface area contributed by atoms with Gasteiger partial charge in [-0.2, -0.15) is 0 Å². The maximum atomic E-state index is 5.90. The Labute approximate surface area is 95.8 Å². The van der Waals surface area contributed by atoms with E-state index in [1.165, 1.54) is 6.42 Å². The quantitative estimate of drug-likeness (QED) is 0.597. The maximum Gasteiger partial charge on any atom is 0.0722 e. The summed E-state index contributed by atoms with van der Waals surface area (Å²) in [4.78, 5) is 0.